The van der Waals surface area contributed by atoms with Crippen LogP contribution in [0.4, 0.5) is 8.78 Å². The van der Waals surface area contributed by atoms with Crippen LogP contribution in [0, 0.1) is 11.6 Å². The third kappa shape index (κ3) is 3.49. The molecule has 0 aliphatic carbocycles. The molecule has 0 saturated heterocycles. The number of likely N-dealkylation sites (N-methyl/N-ethyl adjacent to an activating group) is 1. The van der Waals surface area contributed by atoms with Crippen molar-refractivity contribution in [1.82, 2.24) is 10.6 Å². The Hall–Kier alpha value is -1.49. The highest BCUT2D eigenvalue weighted by Crippen LogP contribution is 2.17. The van der Waals surface area contributed by atoms with Crippen molar-refractivity contribution in [3.8, 4) is 0 Å². The number of carbonyl (C=O) groups excluding carboxylic acids is 1. The molecule has 94 valence electrons. The maximum absolute atomic E-state index is 13.4. The zero-order valence-corrected chi connectivity index (χ0v) is 10.1. The first-order valence-electron chi connectivity index (χ1n) is 5.38. The standard InChI is InChI=1S/C12H16F2N2O/c1-7(16-12(17)8(2)15-3)10-6-9(13)4-5-11(10)14/h4-8,15H,1-3H3,(H,16,17). The van der Waals surface area contributed by atoms with E-state index in [0.29, 0.717) is 0 Å². The molecule has 2 N–H and O–H groups in total. The van der Waals surface area contributed by atoms with Gasteiger partial charge >= 0.3 is 0 Å². The fraction of sp³-hybridized carbons (Fsp3) is 0.417. The number of benzene rings is 1. The zero-order valence-electron chi connectivity index (χ0n) is 10.1. The van der Waals surface area contributed by atoms with Crippen LogP contribution < -0.4 is 10.6 Å². The van der Waals surface area contributed by atoms with Gasteiger partial charge in [-0.2, -0.15) is 0 Å². The number of hydrogen-bond donors (Lipinski definition) is 2. The fourth-order valence-electron chi connectivity index (χ4n) is 1.39. The van der Waals surface area contributed by atoms with Gasteiger partial charge in [0.2, 0.25) is 5.91 Å². The molecule has 0 bridgehead atoms. The quantitative estimate of drug-likeness (QED) is 0.844. The van der Waals surface area contributed by atoms with E-state index >= 15 is 0 Å². The molecule has 2 atom stereocenters. The Morgan fingerprint density at radius 3 is 2.53 bits per heavy atom. The summed E-state index contributed by atoms with van der Waals surface area (Å²) in [6.07, 6.45) is 0. The summed E-state index contributed by atoms with van der Waals surface area (Å²) in [5, 5.41) is 5.37. The predicted octanol–water partition coefficient (Wildman–Crippen LogP) is 1.75. The number of carbonyl (C=O) groups is 1. The highest BCUT2D eigenvalue weighted by molar-refractivity contribution is 5.81. The molecule has 1 amide bonds. The zero-order chi connectivity index (χ0) is 13.0. The summed E-state index contributed by atoms with van der Waals surface area (Å²) in [6.45, 7) is 3.29. The lowest BCUT2D eigenvalue weighted by Crippen LogP contribution is -2.41. The van der Waals surface area contributed by atoms with Crippen molar-refractivity contribution in [2.24, 2.45) is 0 Å². The molecular formula is C12H16F2N2O. The number of hydrogen-bond acceptors (Lipinski definition) is 2. The van der Waals surface area contributed by atoms with Gasteiger partial charge < -0.3 is 10.6 Å². The fourth-order valence-corrected chi connectivity index (χ4v) is 1.39. The minimum atomic E-state index is -0.575. The second-order valence-electron chi connectivity index (χ2n) is 3.91. The number of nitrogens with one attached hydrogen (secondary N) is 2. The van der Waals surface area contributed by atoms with Crippen LogP contribution in [0.25, 0.3) is 0 Å². The van der Waals surface area contributed by atoms with E-state index in [1.54, 1.807) is 20.9 Å². The second-order valence-corrected chi connectivity index (χ2v) is 3.91. The van der Waals surface area contributed by atoms with Crippen molar-refractivity contribution >= 4 is 5.91 Å². The normalized spacial score (nSPS) is 14.2. The molecule has 0 heterocycles. The molecule has 2 unspecified atom stereocenters. The van der Waals surface area contributed by atoms with Crippen LogP contribution in [0.1, 0.15) is 25.5 Å². The third-order valence-corrected chi connectivity index (χ3v) is 2.61. The Morgan fingerprint density at radius 1 is 1.29 bits per heavy atom. The Balaban J connectivity index is 2.79. The van der Waals surface area contributed by atoms with E-state index in [0.717, 1.165) is 18.2 Å². The summed E-state index contributed by atoms with van der Waals surface area (Å²) < 4.78 is 26.4. The molecule has 0 radical (unpaired) electrons. The minimum absolute atomic E-state index is 0.140. The van der Waals surface area contributed by atoms with E-state index in [9.17, 15) is 13.6 Å². The SMILES string of the molecule is CNC(C)C(=O)NC(C)c1cc(F)ccc1F. The Bertz CT molecular complexity index is 409. The number of amides is 1. The van der Waals surface area contributed by atoms with Gasteiger partial charge in [0.1, 0.15) is 11.6 Å². The molecule has 5 heteroatoms. The molecule has 1 aromatic carbocycles. The van der Waals surface area contributed by atoms with E-state index in [4.69, 9.17) is 0 Å². The van der Waals surface area contributed by atoms with Crippen LogP contribution >= 0.6 is 0 Å². The average molecular weight is 242 g/mol. The van der Waals surface area contributed by atoms with Gasteiger partial charge in [-0.15, -0.1) is 0 Å². The second kappa shape index (κ2) is 5.72. The van der Waals surface area contributed by atoms with Gasteiger partial charge in [-0.05, 0) is 39.1 Å². The molecule has 0 saturated carbocycles. The Morgan fingerprint density at radius 2 is 1.94 bits per heavy atom. The third-order valence-electron chi connectivity index (χ3n) is 2.61. The van der Waals surface area contributed by atoms with E-state index in [2.05, 4.69) is 10.6 Å². The lowest BCUT2D eigenvalue weighted by molar-refractivity contribution is -0.123. The van der Waals surface area contributed by atoms with Crippen LogP contribution in [-0.2, 0) is 4.79 Å². The minimum Gasteiger partial charge on any atom is -0.348 e. The van der Waals surface area contributed by atoms with Gasteiger partial charge in [0.25, 0.3) is 0 Å². The van der Waals surface area contributed by atoms with Crippen LogP contribution in [-0.4, -0.2) is 19.0 Å². The van der Waals surface area contributed by atoms with Gasteiger partial charge in [-0.25, -0.2) is 8.78 Å². The smallest absolute Gasteiger partial charge is 0.237 e. The van der Waals surface area contributed by atoms with Crippen molar-refractivity contribution in [1.29, 1.82) is 0 Å². The first-order chi connectivity index (χ1) is 7.95. The molecule has 3 nitrogen and oxygen atoms in total. The van der Waals surface area contributed by atoms with Crippen molar-refractivity contribution in [2.75, 3.05) is 7.05 Å². The summed E-state index contributed by atoms with van der Waals surface area (Å²) in [5.74, 6) is -1.32. The van der Waals surface area contributed by atoms with E-state index in [1.807, 2.05) is 0 Å². The van der Waals surface area contributed by atoms with Crippen molar-refractivity contribution in [3.05, 3.63) is 35.4 Å². The monoisotopic (exact) mass is 242 g/mol. The lowest BCUT2D eigenvalue weighted by Gasteiger charge is -2.18. The topological polar surface area (TPSA) is 41.1 Å². The summed E-state index contributed by atoms with van der Waals surface area (Å²) in [6, 6.07) is 2.23. The molecule has 0 aliphatic heterocycles. The van der Waals surface area contributed by atoms with Gasteiger partial charge in [0, 0.05) is 5.56 Å². The maximum Gasteiger partial charge on any atom is 0.237 e. The highest BCUT2D eigenvalue weighted by atomic mass is 19.1. The molecule has 0 aromatic heterocycles. The molecule has 0 fully saturated rings. The van der Waals surface area contributed by atoms with Gasteiger partial charge in [-0.3, -0.25) is 4.79 Å². The van der Waals surface area contributed by atoms with Crippen LogP contribution in [0.5, 0.6) is 0 Å². The van der Waals surface area contributed by atoms with Crippen LogP contribution in [0.3, 0.4) is 0 Å². The molecular weight excluding hydrogens is 226 g/mol. The first-order valence-corrected chi connectivity index (χ1v) is 5.38. The van der Waals surface area contributed by atoms with Crippen LogP contribution in [0.2, 0.25) is 0 Å². The van der Waals surface area contributed by atoms with Gasteiger partial charge in [0.05, 0.1) is 12.1 Å². The molecule has 17 heavy (non-hydrogen) atoms. The van der Waals surface area contributed by atoms with E-state index < -0.39 is 17.7 Å². The van der Waals surface area contributed by atoms with E-state index in [-0.39, 0.29) is 17.5 Å². The Labute approximate surface area is 99.2 Å². The molecule has 1 rings (SSSR count). The van der Waals surface area contributed by atoms with Gasteiger partial charge in [0.15, 0.2) is 0 Å². The Kier molecular flexibility index (Phi) is 4.57. The average Bonchev–Trinajstić information content (AvgIpc) is 2.30. The van der Waals surface area contributed by atoms with E-state index in [1.165, 1.54) is 0 Å². The summed E-state index contributed by atoms with van der Waals surface area (Å²) in [4.78, 5) is 11.6. The summed E-state index contributed by atoms with van der Waals surface area (Å²) in [5.41, 5.74) is 0.140. The maximum atomic E-state index is 13.4. The molecule has 1 aromatic rings. The molecule has 0 aliphatic rings. The lowest BCUT2D eigenvalue weighted by atomic mass is 10.1. The van der Waals surface area contributed by atoms with Crippen molar-refractivity contribution in [2.45, 2.75) is 25.9 Å². The first kappa shape index (κ1) is 13.6. The number of halogens is 2. The molecule has 0 spiro atoms. The predicted molar refractivity (Wildman–Crippen MR) is 61.4 cm³/mol. The largest absolute Gasteiger partial charge is 0.348 e. The summed E-state index contributed by atoms with van der Waals surface area (Å²) in [7, 11) is 1.65. The highest BCUT2D eigenvalue weighted by Gasteiger charge is 2.17. The van der Waals surface area contributed by atoms with Crippen LogP contribution in [0.15, 0.2) is 18.2 Å². The van der Waals surface area contributed by atoms with Crippen molar-refractivity contribution in [3.63, 3.8) is 0 Å². The van der Waals surface area contributed by atoms with Crippen molar-refractivity contribution < 1.29 is 13.6 Å². The summed E-state index contributed by atoms with van der Waals surface area (Å²) >= 11 is 0. The number of rotatable bonds is 4. The van der Waals surface area contributed by atoms with Gasteiger partial charge in [-0.1, -0.05) is 0 Å².